The summed E-state index contributed by atoms with van der Waals surface area (Å²) in [6.07, 6.45) is 2.02. The summed E-state index contributed by atoms with van der Waals surface area (Å²) in [6.45, 7) is 6.64. The first kappa shape index (κ1) is 19.9. The molecule has 1 fully saturated rings. The molecule has 1 saturated heterocycles. The van der Waals surface area contributed by atoms with Crippen LogP contribution in [0.1, 0.15) is 33.2 Å². The summed E-state index contributed by atoms with van der Waals surface area (Å²) in [5.41, 5.74) is 1.50. The molecule has 0 bridgehead atoms. The molecule has 3 heterocycles. The number of aromatic nitrogens is 4. The highest BCUT2D eigenvalue weighted by molar-refractivity contribution is 6.33. The third kappa shape index (κ3) is 4.02. The highest BCUT2D eigenvalue weighted by atomic mass is 35.5. The number of fused-ring (bicyclic) bond motifs is 1. The third-order valence-corrected chi connectivity index (χ3v) is 5.21. The molecule has 3 aromatic rings. The van der Waals surface area contributed by atoms with Gasteiger partial charge in [-0.1, -0.05) is 23.7 Å². The van der Waals surface area contributed by atoms with Crippen LogP contribution in [-0.2, 0) is 4.74 Å². The lowest BCUT2D eigenvalue weighted by Crippen LogP contribution is -2.35. The zero-order valence-corrected chi connectivity index (χ0v) is 17.9. The Bertz CT molecular complexity index is 1080. The molecule has 152 valence electrons. The minimum Gasteiger partial charge on any atom is -0.444 e. The molecular formula is C20H21Cl2N5O2. The van der Waals surface area contributed by atoms with Crippen LogP contribution in [0.2, 0.25) is 10.3 Å². The Morgan fingerprint density at radius 2 is 1.97 bits per heavy atom. The van der Waals surface area contributed by atoms with Crippen molar-refractivity contribution in [3.63, 3.8) is 0 Å². The molecule has 1 aromatic carbocycles. The molecule has 0 radical (unpaired) electrons. The Hall–Kier alpha value is -2.38. The molecule has 2 aromatic heterocycles. The van der Waals surface area contributed by atoms with Crippen LogP contribution >= 0.6 is 23.2 Å². The topological polar surface area (TPSA) is 73.1 Å². The van der Waals surface area contributed by atoms with E-state index in [1.165, 1.54) is 0 Å². The monoisotopic (exact) mass is 433 g/mol. The second-order valence-electron chi connectivity index (χ2n) is 8.00. The number of amides is 1. The van der Waals surface area contributed by atoms with Crippen LogP contribution in [0.4, 0.5) is 4.79 Å². The average Bonchev–Trinajstić information content (AvgIpc) is 3.25. The molecule has 0 spiro atoms. The summed E-state index contributed by atoms with van der Waals surface area (Å²) in [6, 6.07) is 7.47. The lowest BCUT2D eigenvalue weighted by Gasteiger charge is -2.24. The number of likely N-dealkylation sites (tertiary alicyclic amines) is 1. The first-order valence-corrected chi connectivity index (χ1v) is 10.1. The van der Waals surface area contributed by atoms with E-state index in [4.69, 9.17) is 32.9 Å². The van der Waals surface area contributed by atoms with Gasteiger partial charge >= 0.3 is 6.09 Å². The minimum atomic E-state index is -0.541. The van der Waals surface area contributed by atoms with Crippen molar-refractivity contribution < 1.29 is 9.53 Å². The molecular weight excluding hydrogens is 413 g/mol. The van der Waals surface area contributed by atoms with Crippen LogP contribution in [0.25, 0.3) is 22.6 Å². The molecule has 0 saturated carbocycles. The molecule has 0 N–H and O–H groups in total. The maximum atomic E-state index is 12.5. The molecule has 1 unspecified atom stereocenters. The van der Waals surface area contributed by atoms with Crippen LogP contribution in [-0.4, -0.2) is 49.2 Å². The van der Waals surface area contributed by atoms with Gasteiger partial charge in [0, 0.05) is 18.7 Å². The summed E-state index contributed by atoms with van der Waals surface area (Å²) in [5.74, 6) is 0.679. The van der Waals surface area contributed by atoms with E-state index in [0.29, 0.717) is 35.1 Å². The Balaban J connectivity index is 1.75. The van der Waals surface area contributed by atoms with Crippen LogP contribution in [0.5, 0.6) is 0 Å². The highest BCUT2D eigenvalue weighted by Gasteiger charge is 2.33. The van der Waals surface area contributed by atoms with E-state index >= 15 is 0 Å². The third-order valence-electron chi connectivity index (χ3n) is 4.70. The summed E-state index contributed by atoms with van der Waals surface area (Å²) in [7, 11) is 0. The fourth-order valence-electron chi connectivity index (χ4n) is 3.49. The van der Waals surface area contributed by atoms with E-state index in [2.05, 4.69) is 9.97 Å². The van der Waals surface area contributed by atoms with Crippen molar-refractivity contribution in [2.45, 2.75) is 38.8 Å². The van der Waals surface area contributed by atoms with Crippen LogP contribution in [0.3, 0.4) is 0 Å². The van der Waals surface area contributed by atoms with Crippen LogP contribution in [0.15, 0.2) is 30.5 Å². The number of carbonyl (C=O) groups excluding carboxylic acids is 1. The number of imidazole rings is 1. The average molecular weight is 434 g/mol. The van der Waals surface area contributed by atoms with Gasteiger partial charge < -0.3 is 14.2 Å². The number of halogens is 2. The smallest absolute Gasteiger partial charge is 0.410 e. The van der Waals surface area contributed by atoms with Crippen molar-refractivity contribution in [1.82, 2.24) is 24.4 Å². The van der Waals surface area contributed by atoms with Crippen molar-refractivity contribution in [1.29, 1.82) is 0 Å². The SMILES string of the molecule is CC(C)(C)OC(=O)N1CCC(n2c(-c3ccccc3Cl)nc3cnc(Cl)nc32)C1. The second-order valence-corrected chi connectivity index (χ2v) is 8.75. The first-order chi connectivity index (χ1) is 13.7. The lowest BCUT2D eigenvalue weighted by molar-refractivity contribution is 0.0289. The number of nitrogens with zero attached hydrogens (tertiary/aromatic N) is 5. The van der Waals surface area contributed by atoms with Gasteiger partial charge in [-0.2, -0.15) is 4.98 Å². The molecule has 29 heavy (non-hydrogen) atoms. The maximum absolute atomic E-state index is 12.5. The zero-order chi connectivity index (χ0) is 20.8. The molecule has 7 nitrogen and oxygen atoms in total. The van der Waals surface area contributed by atoms with Crippen molar-refractivity contribution in [2.75, 3.05) is 13.1 Å². The van der Waals surface area contributed by atoms with E-state index in [0.717, 1.165) is 12.0 Å². The van der Waals surface area contributed by atoms with Crippen LogP contribution < -0.4 is 0 Å². The van der Waals surface area contributed by atoms with E-state index in [9.17, 15) is 4.79 Å². The standard InChI is InChI=1S/C20H21Cl2N5O2/c1-20(2,3)29-19(28)26-9-8-12(11-26)27-16(13-6-4-5-7-14(13)21)24-15-10-23-18(22)25-17(15)27/h4-7,10,12H,8-9,11H2,1-3H3. The van der Waals surface area contributed by atoms with Gasteiger partial charge in [0.2, 0.25) is 5.28 Å². The van der Waals surface area contributed by atoms with Gasteiger partial charge in [0.25, 0.3) is 0 Å². The van der Waals surface area contributed by atoms with Crippen molar-refractivity contribution in [3.05, 3.63) is 40.8 Å². The van der Waals surface area contributed by atoms with Gasteiger partial charge in [0.1, 0.15) is 16.9 Å². The van der Waals surface area contributed by atoms with E-state index < -0.39 is 5.60 Å². The maximum Gasteiger partial charge on any atom is 0.410 e. The van der Waals surface area contributed by atoms with Crippen LogP contribution in [0, 0.1) is 0 Å². The van der Waals surface area contributed by atoms with E-state index in [-0.39, 0.29) is 17.4 Å². The summed E-state index contributed by atoms with van der Waals surface area (Å²) in [4.78, 5) is 27.4. The minimum absolute atomic E-state index is 0.0373. The van der Waals surface area contributed by atoms with Gasteiger partial charge in [-0.05, 0) is 50.9 Å². The number of rotatable bonds is 2. The molecule has 1 aliphatic rings. The Morgan fingerprint density at radius 1 is 1.21 bits per heavy atom. The fraction of sp³-hybridized carbons (Fsp3) is 0.400. The molecule has 9 heteroatoms. The molecule has 4 rings (SSSR count). The Kier molecular flexibility index (Phi) is 5.12. The molecule has 0 aliphatic carbocycles. The first-order valence-electron chi connectivity index (χ1n) is 9.36. The Labute approximate surface area is 178 Å². The fourth-order valence-corrected chi connectivity index (χ4v) is 3.84. The van der Waals surface area contributed by atoms with Gasteiger partial charge in [-0.15, -0.1) is 0 Å². The highest BCUT2D eigenvalue weighted by Crippen LogP contribution is 2.35. The number of hydrogen-bond donors (Lipinski definition) is 0. The van der Waals surface area contributed by atoms with Gasteiger partial charge in [-0.3, -0.25) is 0 Å². The van der Waals surface area contributed by atoms with Crippen molar-refractivity contribution >= 4 is 40.5 Å². The van der Waals surface area contributed by atoms with Gasteiger partial charge in [0.15, 0.2) is 5.65 Å². The quantitative estimate of drug-likeness (QED) is 0.532. The predicted molar refractivity (Wildman–Crippen MR) is 112 cm³/mol. The molecule has 1 amide bonds. The van der Waals surface area contributed by atoms with Gasteiger partial charge in [0.05, 0.1) is 17.3 Å². The number of ether oxygens (including phenoxy) is 1. The Morgan fingerprint density at radius 3 is 2.69 bits per heavy atom. The van der Waals surface area contributed by atoms with Crippen molar-refractivity contribution in [3.8, 4) is 11.4 Å². The lowest BCUT2D eigenvalue weighted by atomic mass is 10.2. The zero-order valence-electron chi connectivity index (χ0n) is 16.4. The summed E-state index contributed by atoms with van der Waals surface area (Å²) >= 11 is 12.5. The normalized spacial score (nSPS) is 17.1. The van der Waals surface area contributed by atoms with E-state index in [1.807, 2.05) is 49.6 Å². The number of hydrogen-bond acceptors (Lipinski definition) is 5. The van der Waals surface area contributed by atoms with Gasteiger partial charge in [-0.25, -0.2) is 14.8 Å². The molecule has 1 aliphatic heterocycles. The van der Waals surface area contributed by atoms with E-state index in [1.54, 1.807) is 11.1 Å². The number of benzene rings is 1. The largest absolute Gasteiger partial charge is 0.444 e. The van der Waals surface area contributed by atoms with Crippen molar-refractivity contribution in [2.24, 2.45) is 0 Å². The predicted octanol–water partition coefficient (Wildman–Crippen LogP) is 4.98. The second kappa shape index (κ2) is 7.46. The number of carbonyl (C=O) groups is 1. The summed E-state index contributed by atoms with van der Waals surface area (Å²) < 4.78 is 7.53. The summed E-state index contributed by atoms with van der Waals surface area (Å²) in [5, 5.41) is 0.733. The molecule has 1 atom stereocenters.